The number of nitrogens with one attached hydrogen (secondary N) is 2. The number of benzene rings is 2. The number of rotatable bonds is 8. The van der Waals surface area contributed by atoms with Gasteiger partial charge in [0, 0.05) is 24.0 Å². The Balaban J connectivity index is 1.36. The van der Waals surface area contributed by atoms with Crippen LogP contribution in [0.3, 0.4) is 0 Å². The Bertz CT molecular complexity index is 1060. The van der Waals surface area contributed by atoms with Crippen molar-refractivity contribution >= 4 is 17.7 Å². The molecule has 1 fully saturated rings. The predicted molar refractivity (Wildman–Crippen MR) is 129 cm³/mol. The number of piperidine rings is 1. The molecule has 3 aromatic rings. The smallest absolute Gasteiger partial charge is 0.230 e. The van der Waals surface area contributed by atoms with Crippen molar-refractivity contribution in [2.45, 2.75) is 30.5 Å². The van der Waals surface area contributed by atoms with E-state index in [-0.39, 0.29) is 29.2 Å². The Morgan fingerprint density at radius 1 is 1.09 bits per heavy atom. The lowest BCUT2D eigenvalue weighted by atomic mass is 9.87. The quantitative estimate of drug-likeness (QED) is 0.230. The van der Waals surface area contributed by atoms with Gasteiger partial charge in [0.1, 0.15) is 0 Å². The van der Waals surface area contributed by atoms with Gasteiger partial charge in [0.05, 0.1) is 5.75 Å². The molecule has 4 N–H and O–H groups in total. The van der Waals surface area contributed by atoms with E-state index in [9.17, 15) is 15.0 Å². The van der Waals surface area contributed by atoms with Crippen LogP contribution < -0.4 is 10.6 Å². The number of nitrogens with zero attached hydrogens (tertiary/aromatic N) is 2. The van der Waals surface area contributed by atoms with E-state index in [0.717, 1.165) is 42.6 Å². The van der Waals surface area contributed by atoms with Gasteiger partial charge in [-0.25, -0.2) is 9.97 Å². The molecule has 2 unspecified atom stereocenters. The first-order valence-electron chi connectivity index (χ1n) is 11.1. The summed E-state index contributed by atoms with van der Waals surface area (Å²) in [5, 5.41) is 26.6. The highest BCUT2D eigenvalue weighted by molar-refractivity contribution is 7.99. The van der Waals surface area contributed by atoms with E-state index in [4.69, 9.17) is 0 Å². The van der Waals surface area contributed by atoms with E-state index in [1.807, 2.05) is 30.3 Å². The number of thioether (sulfide) groups is 1. The van der Waals surface area contributed by atoms with E-state index < -0.39 is 0 Å². The van der Waals surface area contributed by atoms with E-state index in [1.54, 1.807) is 24.5 Å². The summed E-state index contributed by atoms with van der Waals surface area (Å²) in [7, 11) is 0. The maximum atomic E-state index is 12.8. The standard InChI is InChI=1S/C25H28N4O3S/c30-22-9-8-17(12-23(22)31)11-21(19-7-4-10-26-13-19)29-24(32)16-33-25-27-14-20(15-28-25)18-5-2-1-3-6-18/h1-3,5-6,8-9,12,14-15,19,21,26,30-31H,4,7,10-11,13,16H2,(H,29,32). The molecule has 8 heteroatoms. The van der Waals surface area contributed by atoms with Crippen molar-refractivity contribution in [1.29, 1.82) is 0 Å². The van der Waals surface area contributed by atoms with Crippen molar-refractivity contribution in [1.82, 2.24) is 20.6 Å². The number of carbonyl (C=O) groups is 1. The van der Waals surface area contributed by atoms with Crippen molar-refractivity contribution in [2.24, 2.45) is 5.92 Å². The van der Waals surface area contributed by atoms with Gasteiger partial charge >= 0.3 is 0 Å². The number of phenols is 2. The van der Waals surface area contributed by atoms with Crippen LogP contribution in [0.5, 0.6) is 11.5 Å². The fourth-order valence-corrected chi connectivity index (χ4v) is 4.65. The average molecular weight is 465 g/mol. The summed E-state index contributed by atoms with van der Waals surface area (Å²) >= 11 is 1.31. The number of hydrogen-bond donors (Lipinski definition) is 4. The van der Waals surface area contributed by atoms with Gasteiger partial charge in [0.15, 0.2) is 16.7 Å². The lowest BCUT2D eigenvalue weighted by Crippen LogP contribution is -2.48. The van der Waals surface area contributed by atoms with Gasteiger partial charge in [-0.1, -0.05) is 48.2 Å². The molecule has 4 rings (SSSR count). The first kappa shape index (κ1) is 23.1. The van der Waals surface area contributed by atoms with Crippen LogP contribution in [0, 0.1) is 5.92 Å². The van der Waals surface area contributed by atoms with Crippen LogP contribution in [0.2, 0.25) is 0 Å². The monoisotopic (exact) mass is 464 g/mol. The van der Waals surface area contributed by atoms with Crippen LogP contribution in [0.15, 0.2) is 66.1 Å². The highest BCUT2D eigenvalue weighted by Gasteiger charge is 2.25. The number of amides is 1. The van der Waals surface area contributed by atoms with Crippen molar-refractivity contribution in [3.63, 3.8) is 0 Å². The Labute approximate surface area is 197 Å². The number of carbonyl (C=O) groups excluding carboxylic acids is 1. The number of phenolic OH excluding ortho intramolecular Hbond substituents is 2. The van der Waals surface area contributed by atoms with Gasteiger partial charge in [-0.3, -0.25) is 4.79 Å². The third-order valence-corrected chi connectivity index (χ3v) is 6.69. The topological polar surface area (TPSA) is 107 Å². The molecule has 1 saturated heterocycles. The molecule has 1 amide bonds. The van der Waals surface area contributed by atoms with Crippen LogP contribution in [0.25, 0.3) is 11.1 Å². The fraction of sp³-hybridized carbons (Fsp3) is 0.320. The number of aromatic hydroxyl groups is 2. The van der Waals surface area contributed by atoms with Crippen LogP contribution >= 0.6 is 11.8 Å². The van der Waals surface area contributed by atoms with E-state index in [1.165, 1.54) is 17.8 Å². The van der Waals surface area contributed by atoms with Gasteiger partial charge in [0.2, 0.25) is 5.91 Å². The Hall–Kier alpha value is -3.10. The van der Waals surface area contributed by atoms with Crippen molar-refractivity contribution in [3.05, 3.63) is 66.5 Å². The van der Waals surface area contributed by atoms with Crippen molar-refractivity contribution < 1.29 is 15.0 Å². The Morgan fingerprint density at radius 3 is 2.58 bits per heavy atom. The van der Waals surface area contributed by atoms with Gasteiger partial charge in [0.25, 0.3) is 0 Å². The highest BCUT2D eigenvalue weighted by atomic mass is 32.2. The second-order valence-corrected chi connectivity index (χ2v) is 9.16. The molecule has 2 aromatic carbocycles. The SMILES string of the molecule is O=C(CSc1ncc(-c2ccccc2)cn1)NC(Cc1ccc(O)c(O)c1)C1CCCNC1. The van der Waals surface area contributed by atoms with Gasteiger partial charge in [-0.2, -0.15) is 0 Å². The first-order valence-corrected chi connectivity index (χ1v) is 12.1. The third kappa shape index (κ3) is 6.46. The molecule has 0 radical (unpaired) electrons. The molecule has 7 nitrogen and oxygen atoms in total. The van der Waals surface area contributed by atoms with E-state index in [0.29, 0.717) is 17.5 Å². The molecule has 0 aliphatic carbocycles. The van der Waals surface area contributed by atoms with Crippen molar-refractivity contribution in [3.8, 4) is 22.6 Å². The van der Waals surface area contributed by atoms with Crippen LogP contribution in [-0.4, -0.2) is 51.0 Å². The fourth-order valence-electron chi connectivity index (χ4n) is 4.06. The zero-order valence-electron chi connectivity index (χ0n) is 18.3. The molecule has 0 spiro atoms. The normalized spacial score (nSPS) is 16.8. The predicted octanol–water partition coefficient (Wildman–Crippen LogP) is 3.37. The van der Waals surface area contributed by atoms with Gasteiger partial charge < -0.3 is 20.8 Å². The minimum Gasteiger partial charge on any atom is -0.504 e. The lowest BCUT2D eigenvalue weighted by molar-refractivity contribution is -0.119. The molecule has 1 aliphatic heterocycles. The van der Waals surface area contributed by atoms with Crippen LogP contribution in [0.1, 0.15) is 18.4 Å². The molecular formula is C25H28N4O3S. The second kappa shape index (κ2) is 11.2. The molecule has 2 atom stereocenters. The number of aromatic nitrogens is 2. The minimum absolute atomic E-state index is 0.0729. The summed E-state index contributed by atoms with van der Waals surface area (Å²) in [6.07, 6.45) is 6.22. The largest absolute Gasteiger partial charge is 0.504 e. The summed E-state index contributed by atoms with van der Waals surface area (Å²) in [5.41, 5.74) is 2.86. The minimum atomic E-state index is -0.147. The Kier molecular flexibility index (Phi) is 7.80. The first-order chi connectivity index (χ1) is 16.1. The summed E-state index contributed by atoms with van der Waals surface area (Å²) < 4.78 is 0. The van der Waals surface area contributed by atoms with E-state index >= 15 is 0 Å². The molecule has 172 valence electrons. The zero-order chi connectivity index (χ0) is 23.0. The maximum absolute atomic E-state index is 12.8. The molecule has 0 bridgehead atoms. The van der Waals surface area contributed by atoms with Crippen LogP contribution in [0.4, 0.5) is 0 Å². The molecule has 33 heavy (non-hydrogen) atoms. The summed E-state index contributed by atoms with van der Waals surface area (Å²) in [5.74, 6) is 0.154. The lowest BCUT2D eigenvalue weighted by Gasteiger charge is -2.31. The van der Waals surface area contributed by atoms with Gasteiger partial charge in [-0.15, -0.1) is 0 Å². The highest BCUT2D eigenvalue weighted by Crippen LogP contribution is 2.27. The Morgan fingerprint density at radius 2 is 1.88 bits per heavy atom. The summed E-state index contributed by atoms with van der Waals surface area (Å²) in [4.78, 5) is 21.6. The van der Waals surface area contributed by atoms with E-state index in [2.05, 4.69) is 20.6 Å². The summed E-state index contributed by atoms with van der Waals surface area (Å²) in [6.45, 7) is 1.83. The summed E-state index contributed by atoms with van der Waals surface area (Å²) in [6, 6.07) is 14.7. The molecular weight excluding hydrogens is 436 g/mol. The zero-order valence-corrected chi connectivity index (χ0v) is 19.1. The molecule has 1 aliphatic rings. The maximum Gasteiger partial charge on any atom is 0.230 e. The third-order valence-electron chi connectivity index (χ3n) is 5.81. The molecule has 1 aromatic heterocycles. The average Bonchev–Trinajstić information content (AvgIpc) is 2.86. The van der Waals surface area contributed by atoms with Crippen LogP contribution in [-0.2, 0) is 11.2 Å². The molecule has 0 saturated carbocycles. The van der Waals surface area contributed by atoms with Crippen molar-refractivity contribution in [2.75, 3.05) is 18.8 Å². The number of hydrogen-bond acceptors (Lipinski definition) is 7. The second-order valence-electron chi connectivity index (χ2n) is 8.22. The molecule has 2 heterocycles. The van der Waals surface area contributed by atoms with Gasteiger partial charge in [-0.05, 0) is 61.5 Å².